The second-order valence-corrected chi connectivity index (χ2v) is 4.24. The molecule has 1 aromatic heterocycles. The van der Waals surface area contributed by atoms with Crippen molar-refractivity contribution in [1.82, 2.24) is 9.55 Å². The molecule has 8 heteroatoms. The molecule has 2 atom stereocenters. The Balaban J connectivity index is 3.08. The van der Waals surface area contributed by atoms with E-state index in [2.05, 4.69) is 4.98 Å². The van der Waals surface area contributed by atoms with Crippen LogP contribution >= 0.6 is 0 Å². The van der Waals surface area contributed by atoms with Crippen molar-refractivity contribution in [3.05, 3.63) is 34.7 Å². The first-order chi connectivity index (χ1) is 9.40. The highest BCUT2D eigenvalue weighted by Gasteiger charge is 2.35. The van der Waals surface area contributed by atoms with Crippen LogP contribution < -0.4 is 11.4 Å². The lowest BCUT2D eigenvalue weighted by Crippen LogP contribution is -2.49. The van der Waals surface area contributed by atoms with Crippen LogP contribution in [0.2, 0.25) is 0 Å². The van der Waals surface area contributed by atoms with Gasteiger partial charge in [-0.15, -0.1) is 0 Å². The van der Waals surface area contributed by atoms with Gasteiger partial charge in [0, 0.05) is 13.3 Å². The Labute approximate surface area is 115 Å². The molecular formula is C12H18FN3O4. The lowest BCUT2D eigenvalue weighted by molar-refractivity contribution is -0.102. The number of nitrogens with two attached hydrogens (primary N) is 1. The summed E-state index contributed by atoms with van der Waals surface area (Å²) in [5.74, 6) is -1.37. The van der Waals surface area contributed by atoms with Crippen LogP contribution in [0.4, 0.5) is 10.2 Å². The molecular weight excluding hydrogens is 269 g/mol. The molecule has 7 nitrogen and oxygen atoms in total. The third-order valence-electron chi connectivity index (χ3n) is 2.99. The van der Waals surface area contributed by atoms with Gasteiger partial charge < -0.3 is 20.7 Å². The molecule has 0 saturated heterocycles. The molecule has 0 spiro atoms. The number of aliphatic hydroxyl groups is 2. The summed E-state index contributed by atoms with van der Waals surface area (Å²) in [6.07, 6.45) is 2.62. The molecule has 0 fully saturated rings. The predicted octanol–water partition coefficient (Wildman–Crippen LogP) is -0.721. The molecule has 0 aromatic carbocycles. The van der Waals surface area contributed by atoms with Gasteiger partial charge in [-0.2, -0.15) is 4.98 Å². The molecule has 0 radical (unpaired) electrons. The standard InChI is InChI=1S/C12H18FN3O4/c1-3-4-12(7-17,20-2)9(18)6-16-5-8(13)10(14)15-11(16)19/h3-5,9,17-18H,6-7H2,1-2H3,(H2,14,15,19)/b4-3+/t9-,12+/m0/s1. The van der Waals surface area contributed by atoms with Crippen molar-refractivity contribution in [3.63, 3.8) is 0 Å². The van der Waals surface area contributed by atoms with Crippen molar-refractivity contribution in [3.8, 4) is 0 Å². The van der Waals surface area contributed by atoms with Gasteiger partial charge in [-0.25, -0.2) is 9.18 Å². The largest absolute Gasteiger partial charge is 0.393 e. The minimum absolute atomic E-state index is 0.304. The Morgan fingerprint density at radius 3 is 2.85 bits per heavy atom. The van der Waals surface area contributed by atoms with E-state index < -0.39 is 35.6 Å². The van der Waals surface area contributed by atoms with Gasteiger partial charge in [0.1, 0.15) is 11.7 Å². The molecule has 4 N–H and O–H groups in total. The Morgan fingerprint density at radius 2 is 2.35 bits per heavy atom. The maximum Gasteiger partial charge on any atom is 0.349 e. The van der Waals surface area contributed by atoms with Crippen molar-refractivity contribution < 1.29 is 19.3 Å². The fourth-order valence-corrected chi connectivity index (χ4v) is 1.77. The second-order valence-electron chi connectivity index (χ2n) is 4.24. The van der Waals surface area contributed by atoms with Gasteiger partial charge in [-0.05, 0) is 6.92 Å². The zero-order valence-electron chi connectivity index (χ0n) is 11.3. The summed E-state index contributed by atoms with van der Waals surface area (Å²) in [4.78, 5) is 14.8. The first-order valence-corrected chi connectivity index (χ1v) is 5.90. The van der Waals surface area contributed by atoms with E-state index in [1.165, 1.54) is 13.2 Å². The Kier molecular flexibility index (Phi) is 5.37. The Bertz CT molecular complexity index is 540. The number of aromatic nitrogens is 2. The topological polar surface area (TPSA) is 111 Å². The van der Waals surface area contributed by atoms with Crippen molar-refractivity contribution >= 4 is 5.82 Å². The van der Waals surface area contributed by atoms with E-state index in [1.54, 1.807) is 13.0 Å². The highest BCUT2D eigenvalue weighted by atomic mass is 19.1. The highest BCUT2D eigenvalue weighted by molar-refractivity contribution is 5.26. The number of aliphatic hydroxyl groups excluding tert-OH is 2. The first-order valence-electron chi connectivity index (χ1n) is 5.90. The average molecular weight is 287 g/mol. The lowest BCUT2D eigenvalue weighted by atomic mass is 9.96. The number of nitrogens with zero attached hydrogens (tertiary/aromatic N) is 2. The summed E-state index contributed by atoms with van der Waals surface area (Å²) < 4.78 is 19.3. The Morgan fingerprint density at radius 1 is 1.70 bits per heavy atom. The number of anilines is 1. The van der Waals surface area contributed by atoms with E-state index >= 15 is 0 Å². The summed E-state index contributed by atoms with van der Waals surface area (Å²) in [6, 6.07) is 0. The molecule has 112 valence electrons. The summed E-state index contributed by atoms with van der Waals surface area (Å²) in [7, 11) is 1.31. The van der Waals surface area contributed by atoms with Gasteiger partial charge in [0.05, 0.1) is 13.2 Å². The maximum atomic E-state index is 13.3. The van der Waals surface area contributed by atoms with E-state index in [1.807, 2.05) is 0 Å². The Hall–Kier alpha value is -1.77. The van der Waals surface area contributed by atoms with Crippen LogP contribution in [0, 0.1) is 5.82 Å². The summed E-state index contributed by atoms with van der Waals surface area (Å²) in [5.41, 5.74) is 2.99. The summed E-state index contributed by atoms with van der Waals surface area (Å²) >= 11 is 0. The number of halogens is 1. The van der Waals surface area contributed by atoms with E-state index in [9.17, 15) is 19.4 Å². The van der Waals surface area contributed by atoms with Gasteiger partial charge in [0.25, 0.3) is 0 Å². The van der Waals surface area contributed by atoms with Crippen LogP contribution in [0.1, 0.15) is 6.92 Å². The smallest absolute Gasteiger partial charge is 0.349 e. The minimum Gasteiger partial charge on any atom is -0.393 e. The average Bonchev–Trinajstić information content (AvgIpc) is 2.42. The van der Waals surface area contributed by atoms with Gasteiger partial charge in [0.15, 0.2) is 11.6 Å². The van der Waals surface area contributed by atoms with Crippen molar-refractivity contribution in [2.24, 2.45) is 0 Å². The molecule has 1 aromatic rings. The van der Waals surface area contributed by atoms with E-state index in [-0.39, 0.29) is 6.54 Å². The van der Waals surface area contributed by atoms with Crippen molar-refractivity contribution in [2.75, 3.05) is 19.5 Å². The number of ether oxygens (including phenoxy) is 1. The van der Waals surface area contributed by atoms with Gasteiger partial charge in [-0.3, -0.25) is 4.57 Å². The second kappa shape index (κ2) is 6.60. The van der Waals surface area contributed by atoms with Crippen LogP contribution in [-0.4, -0.2) is 45.2 Å². The van der Waals surface area contributed by atoms with Gasteiger partial charge in [-0.1, -0.05) is 12.2 Å². The van der Waals surface area contributed by atoms with Crippen LogP contribution in [-0.2, 0) is 11.3 Å². The number of hydrogen-bond acceptors (Lipinski definition) is 6. The summed E-state index contributed by atoms with van der Waals surface area (Å²) in [6.45, 7) is 0.878. The third kappa shape index (κ3) is 3.21. The fraction of sp³-hybridized carbons (Fsp3) is 0.500. The number of nitrogen functional groups attached to an aromatic ring is 1. The van der Waals surface area contributed by atoms with Crippen LogP contribution in [0.3, 0.4) is 0 Å². The van der Waals surface area contributed by atoms with Crippen molar-refractivity contribution in [1.29, 1.82) is 0 Å². The number of allylic oxidation sites excluding steroid dienone is 1. The van der Waals surface area contributed by atoms with Gasteiger partial charge in [0.2, 0.25) is 0 Å². The maximum absolute atomic E-state index is 13.3. The quantitative estimate of drug-likeness (QED) is 0.595. The number of hydrogen-bond donors (Lipinski definition) is 3. The molecule has 0 unspecified atom stereocenters. The van der Waals surface area contributed by atoms with E-state index in [0.29, 0.717) is 0 Å². The molecule has 0 aliphatic heterocycles. The zero-order chi connectivity index (χ0) is 15.3. The molecule has 20 heavy (non-hydrogen) atoms. The molecule has 0 aliphatic rings. The van der Waals surface area contributed by atoms with Crippen molar-refractivity contribution in [2.45, 2.75) is 25.2 Å². The predicted molar refractivity (Wildman–Crippen MR) is 70.5 cm³/mol. The molecule has 1 rings (SSSR count). The van der Waals surface area contributed by atoms with E-state index in [0.717, 1.165) is 10.8 Å². The van der Waals surface area contributed by atoms with Crippen LogP contribution in [0.15, 0.2) is 23.1 Å². The van der Waals surface area contributed by atoms with Gasteiger partial charge >= 0.3 is 5.69 Å². The highest BCUT2D eigenvalue weighted by Crippen LogP contribution is 2.18. The van der Waals surface area contributed by atoms with E-state index in [4.69, 9.17) is 10.5 Å². The fourth-order valence-electron chi connectivity index (χ4n) is 1.77. The zero-order valence-corrected chi connectivity index (χ0v) is 11.3. The molecule has 1 heterocycles. The number of methoxy groups -OCH3 is 1. The minimum atomic E-state index is -1.38. The third-order valence-corrected chi connectivity index (χ3v) is 2.99. The number of rotatable bonds is 6. The normalized spacial score (nSPS) is 16.2. The molecule has 0 amide bonds. The molecule has 0 bridgehead atoms. The summed E-state index contributed by atoms with van der Waals surface area (Å²) in [5, 5.41) is 19.5. The van der Waals surface area contributed by atoms with Crippen LogP contribution in [0.25, 0.3) is 0 Å². The van der Waals surface area contributed by atoms with Crippen LogP contribution in [0.5, 0.6) is 0 Å². The molecule has 0 aliphatic carbocycles. The molecule has 0 saturated carbocycles. The monoisotopic (exact) mass is 287 g/mol. The SMILES string of the molecule is C/C=C/[C@](CO)(OC)[C@@H](O)Cn1cc(F)c(N)nc1=O. The lowest BCUT2D eigenvalue weighted by Gasteiger charge is -2.32. The first kappa shape index (κ1) is 16.3.